The van der Waals surface area contributed by atoms with Crippen LogP contribution in [0.25, 0.3) is 0 Å². The number of aliphatic carboxylic acids is 1. The molecule has 1 aromatic carbocycles. The van der Waals surface area contributed by atoms with Crippen molar-refractivity contribution in [2.24, 2.45) is 0 Å². The highest BCUT2D eigenvalue weighted by molar-refractivity contribution is 5.84. The van der Waals surface area contributed by atoms with E-state index in [1.165, 1.54) is 12.1 Å². The van der Waals surface area contributed by atoms with Crippen LogP contribution in [0.15, 0.2) is 18.2 Å². The Morgan fingerprint density at radius 3 is 2.38 bits per heavy atom. The van der Waals surface area contributed by atoms with Gasteiger partial charge in [-0.2, -0.15) is 0 Å². The molecule has 0 unspecified atom stereocenters. The molecule has 1 aliphatic heterocycles. The average Bonchev–Trinajstić information content (AvgIpc) is 3.02. The van der Waals surface area contributed by atoms with E-state index in [1.54, 1.807) is 6.07 Å². The van der Waals surface area contributed by atoms with E-state index in [0.29, 0.717) is 12.8 Å². The van der Waals surface area contributed by atoms with Crippen LogP contribution in [0, 0.1) is 5.82 Å². The first-order chi connectivity index (χ1) is 10.1. The summed E-state index contributed by atoms with van der Waals surface area (Å²) in [4.78, 5) is 14.2. The van der Waals surface area contributed by atoms with Gasteiger partial charge in [-0.1, -0.05) is 25.3 Å². The number of hydrogen-bond donors (Lipinski definition) is 1. The third-order valence-electron chi connectivity index (χ3n) is 5.04. The number of nitrogens with zero attached hydrogens (tertiary/aromatic N) is 1. The van der Waals surface area contributed by atoms with Gasteiger partial charge in [-0.15, -0.1) is 0 Å². The summed E-state index contributed by atoms with van der Waals surface area (Å²) in [6.07, 6.45) is 6.47. The van der Waals surface area contributed by atoms with Crippen LogP contribution in [0.4, 0.5) is 10.1 Å². The van der Waals surface area contributed by atoms with Crippen molar-refractivity contribution in [1.82, 2.24) is 0 Å². The van der Waals surface area contributed by atoms with E-state index >= 15 is 0 Å². The van der Waals surface area contributed by atoms with Crippen molar-refractivity contribution in [2.45, 2.75) is 50.4 Å². The lowest BCUT2D eigenvalue weighted by molar-refractivity contribution is -0.145. The third kappa shape index (κ3) is 2.52. The van der Waals surface area contributed by atoms with Crippen LogP contribution in [0.1, 0.15) is 50.5 Å². The standard InChI is InChI=1S/C17H22FNO2/c18-13-6-7-14(15(12-13)19-10-4-5-11-19)17(16(20)21)8-2-1-3-9-17/h6-7,12H,1-5,8-11H2,(H,20,21). The zero-order valence-electron chi connectivity index (χ0n) is 12.3. The van der Waals surface area contributed by atoms with Crippen LogP contribution < -0.4 is 4.90 Å². The molecule has 1 aromatic rings. The lowest BCUT2D eigenvalue weighted by Gasteiger charge is -2.36. The van der Waals surface area contributed by atoms with E-state index in [-0.39, 0.29) is 5.82 Å². The summed E-state index contributed by atoms with van der Waals surface area (Å²) in [5.41, 5.74) is 0.791. The molecule has 1 saturated heterocycles. The topological polar surface area (TPSA) is 40.5 Å². The van der Waals surface area contributed by atoms with E-state index in [2.05, 4.69) is 4.90 Å². The summed E-state index contributed by atoms with van der Waals surface area (Å²) in [7, 11) is 0. The van der Waals surface area contributed by atoms with E-state index in [1.807, 2.05) is 0 Å². The van der Waals surface area contributed by atoms with E-state index in [9.17, 15) is 14.3 Å². The number of carboxylic acid groups (broad SMARTS) is 1. The molecule has 0 spiro atoms. The predicted octanol–water partition coefficient (Wildman–Crippen LogP) is 3.71. The second kappa shape index (κ2) is 5.66. The molecule has 0 bridgehead atoms. The number of hydrogen-bond acceptors (Lipinski definition) is 2. The van der Waals surface area contributed by atoms with E-state index < -0.39 is 11.4 Å². The van der Waals surface area contributed by atoms with Gasteiger partial charge in [-0.3, -0.25) is 4.79 Å². The summed E-state index contributed by atoms with van der Waals surface area (Å²) in [5.74, 6) is -1.04. The lowest BCUT2D eigenvalue weighted by Crippen LogP contribution is -2.39. The Morgan fingerprint density at radius 1 is 1.10 bits per heavy atom. The number of anilines is 1. The minimum absolute atomic E-state index is 0.281. The molecule has 2 aliphatic rings. The molecule has 1 aliphatic carbocycles. The van der Waals surface area contributed by atoms with E-state index in [4.69, 9.17) is 0 Å². The SMILES string of the molecule is O=C(O)C1(c2ccc(F)cc2N2CCCC2)CCCCC1. The largest absolute Gasteiger partial charge is 0.481 e. The Balaban J connectivity index is 2.08. The molecule has 21 heavy (non-hydrogen) atoms. The Morgan fingerprint density at radius 2 is 1.76 bits per heavy atom. The first-order valence-corrected chi connectivity index (χ1v) is 7.92. The summed E-state index contributed by atoms with van der Waals surface area (Å²) < 4.78 is 13.7. The Bertz CT molecular complexity index is 532. The molecule has 1 N–H and O–H groups in total. The molecule has 2 fully saturated rings. The number of carboxylic acids is 1. The quantitative estimate of drug-likeness (QED) is 0.923. The van der Waals surface area contributed by atoms with Crippen molar-refractivity contribution < 1.29 is 14.3 Å². The number of rotatable bonds is 3. The van der Waals surface area contributed by atoms with Gasteiger partial charge in [0.2, 0.25) is 0 Å². The monoisotopic (exact) mass is 291 g/mol. The molecule has 3 nitrogen and oxygen atoms in total. The summed E-state index contributed by atoms with van der Waals surface area (Å²) >= 11 is 0. The van der Waals surface area contributed by atoms with Gasteiger partial charge in [0.05, 0.1) is 5.41 Å². The fraction of sp³-hybridized carbons (Fsp3) is 0.588. The normalized spacial score (nSPS) is 21.5. The highest BCUT2D eigenvalue weighted by Crippen LogP contribution is 2.44. The van der Waals surface area contributed by atoms with Gasteiger partial charge >= 0.3 is 5.97 Å². The average molecular weight is 291 g/mol. The molecule has 114 valence electrons. The Hall–Kier alpha value is -1.58. The van der Waals surface area contributed by atoms with Gasteiger partial charge in [-0.25, -0.2) is 4.39 Å². The highest BCUT2D eigenvalue weighted by Gasteiger charge is 2.43. The van der Waals surface area contributed by atoms with Crippen molar-refractivity contribution in [3.05, 3.63) is 29.6 Å². The van der Waals surface area contributed by atoms with Crippen LogP contribution >= 0.6 is 0 Å². The van der Waals surface area contributed by atoms with Crippen LogP contribution in [0.5, 0.6) is 0 Å². The van der Waals surface area contributed by atoms with Crippen molar-refractivity contribution in [3.63, 3.8) is 0 Å². The van der Waals surface area contributed by atoms with Gasteiger partial charge in [0, 0.05) is 18.8 Å². The first-order valence-electron chi connectivity index (χ1n) is 7.92. The Kier molecular flexibility index (Phi) is 3.87. The summed E-state index contributed by atoms with van der Waals surface area (Å²) in [6, 6.07) is 4.65. The van der Waals surface area contributed by atoms with Crippen molar-refractivity contribution in [2.75, 3.05) is 18.0 Å². The zero-order chi connectivity index (χ0) is 14.9. The lowest BCUT2D eigenvalue weighted by atomic mass is 9.69. The van der Waals surface area contributed by atoms with Gasteiger partial charge in [0.25, 0.3) is 0 Å². The maximum absolute atomic E-state index is 13.7. The minimum atomic E-state index is -0.829. The molecule has 3 rings (SSSR count). The second-order valence-corrected chi connectivity index (χ2v) is 6.30. The minimum Gasteiger partial charge on any atom is -0.481 e. The summed E-state index contributed by atoms with van der Waals surface area (Å²) in [5, 5.41) is 9.87. The van der Waals surface area contributed by atoms with Crippen LogP contribution in [0.3, 0.4) is 0 Å². The zero-order valence-corrected chi connectivity index (χ0v) is 12.3. The molecule has 0 atom stereocenters. The second-order valence-electron chi connectivity index (χ2n) is 6.30. The van der Waals surface area contributed by atoms with Crippen molar-refractivity contribution in [1.29, 1.82) is 0 Å². The van der Waals surface area contributed by atoms with Gasteiger partial charge in [0.1, 0.15) is 5.82 Å². The molecule has 0 amide bonds. The smallest absolute Gasteiger partial charge is 0.314 e. The molecule has 1 heterocycles. The molecule has 0 radical (unpaired) electrons. The number of benzene rings is 1. The Labute approximate surface area is 124 Å². The van der Waals surface area contributed by atoms with Crippen LogP contribution in [0.2, 0.25) is 0 Å². The fourth-order valence-electron chi connectivity index (χ4n) is 3.88. The van der Waals surface area contributed by atoms with E-state index in [0.717, 1.165) is 56.4 Å². The fourth-order valence-corrected chi connectivity index (χ4v) is 3.88. The molecular formula is C17H22FNO2. The number of halogens is 1. The van der Waals surface area contributed by atoms with Crippen molar-refractivity contribution in [3.8, 4) is 0 Å². The van der Waals surface area contributed by atoms with Crippen LogP contribution in [-0.2, 0) is 10.2 Å². The maximum Gasteiger partial charge on any atom is 0.314 e. The third-order valence-corrected chi connectivity index (χ3v) is 5.04. The van der Waals surface area contributed by atoms with Gasteiger partial charge < -0.3 is 10.0 Å². The molecule has 0 aromatic heterocycles. The number of carbonyl (C=O) groups is 1. The van der Waals surface area contributed by atoms with Crippen LogP contribution in [-0.4, -0.2) is 24.2 Å². The van der Waals surface area contributed by atoms with Crippen molar-refractivity contribution >= 4 is 11.7 Å². The summed E-state index contributed by atoms with van der Waals surface area (Å²) in [6.45, 7) is 1.79. The van der Waals surface area contributed by atoms with Gasteiger partial charge in [-0.05, 0) is 43.4 Å². The van der Waals surface area contributed by atoms with Gasteiger partial charge in [0.15, 0.2) is 0 Å². The molecule has 4 heteroatoms. The maximum atomic E-state index is 13.7. The predicted molar refractivity (Wildman–Crippen MR) is 80.2 cm³/mol. The molecule has 1 saturated carbocycles. The highest BCUT2D eigenvalue weighted by atomic mass is 19.1. The first kappa shape index (κ1) is 14.4. The molecular weight excluding hydrogens is 269 g/mol.